The van der Waals surface area contributed by atoms with Gasteiger partial charge in [0.2, 0.25) is 0 Å². The number of nitrogens with two attached hydrogens (primary N) is 1. The average Bonchev–Trinajstić information content (AvgIpc) is 2.78. The number of hydrogen-bond donors (Lipinski definition) is 2. The maximum Gasteiger partial charge on any atom is 0.263 e. The van der Waals surface area contributed by atoms with Crippen molar-refractivity contribution in [3.8, 4) is 0 Å². The number of thiophene rings is 1. The molecule has 3 rings (SSSR count). The molecule has 0 saturated carbocycles. The zero-order valence-electron chi connectivity index (χ0n) is 11.9. The molecule has 0 unspecified atom stereocenters. The van der Waals surface area contributed by atoms with Crippen LogP contribution in [0.25, 0.3) is 10.1 Å². The van der Waals surface area contributed by atoms with Crippen molar-refractivity contribution in [3.63, 3.8) is 0 Å². The Kier molecular flexibility index (Phi) is 4.19. The van der Waals surface area contributed by atoms with Gasteiger partial charge in [0.05, 0.1) is 5.69 Å². The van der Waals surface area contributed by atoms with Crippen molar-refractivity contribution in [1.29, 1.82) is 0 Å². The van der Waals surface area contributed by atoms with Gasteiger partial charge in [-0.15, -0.1) is 11.3 Å². The molecule has 1 aliphatic rings. The summed E-state index contributed by atoms with van der Waals surface area (Å²) in [4.78, 5) is 15.4. The molecular weight excluding hydrogens is 350 g/mol. The van der Waals surface area contributed by atoms with Gasteiger partial charge in [0.15, 0.2) is 0 Å². The first-order valence-corrected chi connectivity index (χ1v) is 8.62. The molecule has 1 aromatic carbocycles. The largest absolute Gasteiger partial charge is 0.397 e. The summed E-state index contributed by atoms with van der Waals surface area (Å²) in [6.07, 6.45) is 2.00. The van der Waals surface area contributed by atoms with Crippen molar-refractivity contribution in [2.75, 3.05) is 25.9 Å². The number of carbonyl (C=O) groups is 1. The van der Waals surface area contributed by atoms with Crippen LogP contribution in [-0.4, -0.2) is 37.0 Å². The third kappa shape index (κ3) is 3.07. The van der Waals surface area contributed by atoms with E-state index in [1.807, 2.05) is 18.2 Å². The van der Waals surface area contributed by atoms with Gasteiger partial charge in [-0.3, -0.25) is 4.79 Å². The second-order valence-corrected chi connectivity index (χ2v) is 7.50. The number of benzene rings is 1. The number of likely N-dealkylation sites (tertiary alicyclic amines) is 1. The number of halogens is 1. The molecular formula is C15H18BrN3OS. The molecule has 1 amide bonds. The first-order valence-electron chi connectivity index (χ1n) is 7.01. The molecule has 0 atom stereocenters. The van der Waals surface area contributed by atoms with Crippen LogP contribution in [-0.2, 0) is 0 Å². The van der Waals surface area contributed by atoms with E-state index in [1.165, 1.54) is 11.3 Å². The fourth-order valence-corrected chi connectivity index (χ4v) is 4.24. The molecule has 21 heavy (non-hydrogen) atoms. The summed E-state index contributed by atoms with van der Waals surface area (Å²) in [6.45, 7) is 2.06. The van der Waals surface area contributed by atoms with Crippen LogP contribution in [0, 0.1) is 0 Å². The zero-order valence-corrected chi connectivity index (χ0v) is 14.3. The van der Waals surface area contributed by atoms with Gasteiger partial charge in [-0.1, -0.05) is 22.0 Å². The summed E-state index contributed by atoms with van der Waals surface area (Å²) >= 11 is 4.91. The molecule has 0 radical (unpaired) electrons. The minimum Gasteiger partial charge on any atom is -0.397 e. The van der Waals surface area contributed by atoms with E-state index in [1.54, 1.807) is 0 Å². The van der Waals surface area contributed by atoms with Gasteiger partial charge in [0, 0.05) is 20.6 Å². The summed E-state index contributed by atoms with van der Waals surface area (Å²) in [6, 6.07) is 6.16. The standard InChI is InChI=1S/C15H18BrN3OS/c1-19-6-4-10(5-7-19)18-15(20)14-13(17)11-3-2-9(16)8-12(11)21-14/h2-3,8,10H,4-7,17H2,1H3,(H,18,20). The summed E-state index contributed by atoms with van der Waals surface area (Å²) in [5.74, 6) is -0.0422. The monoisotopic (exact) mass is 367 g/mol. The van der Waals surface area contributed by atoms with E-state index < -0.39 is 0 Å². The first-order chi connectivity index (χ1) is 10.0. The Balaban J connectivity index is 1.80. The van der Waals surface area contributed by atoms with Crippen LogP contribution in [0.1, 0.15) is 22.5 Å². The smallest absolute Gasteiger partial charge is 0.263 e. The summed E-state index contributed by atoms with van der Waals surface area (Å²) < 4.78 is 2.04. The SMILES string of the molecule is CN1CCC(NC(=O)c2sc3cc(Br)ccc3c2N)CC1. The number of anilines is 1. The first kappa shape index (κ1) is 14.8. The van der Waals surface area contributed by atoms with Gasteiger partial charge in [-0.05, 0) is 45.1 Å². The molecule has 6 heteroatoms. The third-order valence-corrected chi connectivity index (χ3v) is 5.61. The molecule has 0 bridgehead atoms. The molecule has 1 saturated heterocycles. The highest BCUT2D eigenvalue weighted by Gasteiger charge is 2.22. The number of hydrogen-bond acceptors (Lipinski definition) is 4. The normalized spacial score (nSPS) is 17.2. The second kappa shape index (κ2) is 5.94. The summed E-state index contributed by atoms with van der Waals surface area (Å²) in [5, 5.41) is 4.08. The number of piperidine rings is 1. The van der Waals surface area contributed by atoms with E-state index >= 15 is 0 Å². The fourth-order valence-electron chi connectivity index (χ4n) is 2.66. The highest BCUT2D eigenvalue weighted by Crippen LogP contribution is 2.35. The molecule has 2 heterocycles. The van der Waals surface area contributed by atoms with E-state index in [4.69, 9.17) is 5.73 Å². The van der Waals surface area contributed by atoms with Crippen molar-refractivity contribution < 1.29 is 4.79 Å². The van der Waals surface area contributed by atoms with Gasteiger partial charge >= 0.3 is 0 Å². The molecule has 112 valence electrons. The van der Waals surface area contributed by atoms with Crippen molar-refractivity contribution >= 4 is 48.9 Å². The minimum absolute atomic E-state index is 0.0422. The lowest BCUT2D eigenvalue weighted by molar-refractivity contribution is 0.0922. The van der Waals surface area contributed by atoms with Gasteiger partial charge in [0.25, 0.3) is 5.91 Å². The number of nitrogens with zero attached hydrogens (tertiary/aromatic N) is 1. The van der Waals surface area contributed by atoms with Crippen molar-refractivity contribution in [2.45, 2.75) is 18.9 Å². The Labute approximate surface area is 136 Å². The van der Waals surface area contributed by atoms with E-state index in [0.29, 0.717) is 10.6 Å². The Morgan fingerprint density at radius 3 is 2.86 bits per heavy atom. The van der Waals surface area contributed by atoms with Crippen LogP contribution in [0.15, 0.2) is 22.7 Å². The molecule has 1 fully saturated rings. The summed E-state index contributed by atoms with van der Waals surface area (Å²) in [7, 11) is 2.11. The van der Waals surface area contributed by atoms with Crippen LogP contribution in [0.2, 0.25) is 0 Å². The Hall–Kier alpha value is -1.11. The molecule has 0 aliphatic carbocycles. The van der Waals surface area contributed by atoms with Gasteiger partial charge in [-0.25, -0.2) is 0 Å². The maximum absolute atomic E-state index is 12.5. The van der Waals surface area contributed by atoms with Crippen molar-refractivity contribution in [1.82, 2.24) is 10.2 Å². The Morgan fingerprint density at radius 2 is 2.14 bits per heavy atom. The molecule has 1 aliphatic heterocycles. The van der Waals surface area contributed by atoms with Crippen molar-refractivity contribution in [3.05, 3.63) is 27.5 Å². The van der Waals surface area contributed by atoms with Crippen LogP contribution in [0.4, 0.5) is 5.69 Å². The van der Waals surface area contributed by atoms with E-state index in [-0.39, 0.29) is 11.9 Å². The number of rotatable bonds is 2. The fraction of sp³-hybridized carbons (Fsp3) is 0.400. The van der Waals surface area contributed by atoms with Crippen LogP contribution in [0.5, 0.6) is 0 Å². The quantitative estimate of drug-likeness (QED) is 0.857. The average molecular weight is 368 g/mol. The topological polar surface area (TPSA) is 58.4 Å². The molecule has 4 nitrogen and oxygen atoms in total. The Bertz CT molecular complexity index is 677. The van der Waals surface area contributed by atoms with E-state index in [0.717, 1.165) is 40.5 Å². The number of nitrogens with one attached hydrogen (secondary N) is 1. The van der Waals surface area contributed by atoms with Gasteiger partial charge < -0.3 is 16.0 Å². The van der Waals surface area contributed by atoms with E-state index in [9.17, 15) is 4.79 Å². The molecule has 2 aromatic rings. The van der Waals surface area contributed by atoms with Crippen molar-refractivity contribution in [2.24, 2.45) is 0 Å². The van der Waals surface area contributed by atoms with Crippen LogP contribution < -0.4 is 11.1 Å². The van der Waals surface area contributed by atoms with Gasteiger partial charge in [-0.2, -0.15) is 0 Å². The summed E-state index contributed by atoms with van der Waals surface area (Å²) in [5.41, 5.74) is 6.73. The second-order valence-electron chi connectivity index (χ2n) is 5.54. The molecule has 1 aromatic heterocycles. The molecule has 0 spiro atoms. The maximum atomic E-state index is 12.5. The number of amides is 1. The number of nitrogen functional groups attached to an aromatic ring is 1. The van der Waals surface area contributed by atoms with E-state index in [2.05, 4.69) is 33.2 Å². The van der Waals surface area contributed by atoms with Crippen LogP contribution >= 0.6 is 27.3 Å². The lowest BCUT2D eigenvalue weighted by atomic mass is 10.1. The highest BCUT2D eigenvalue weighted by molar-refractivity contribution is 9.10. The third-order valence-electron chi connectivity index (χ3n) is 3.95. The highest BCUT2D eigenvalue weighted by atomic mass is 79.9. The zero-order chi connectivity index (χ0) is 15.0. The number of fused-ring (bicyclic) bond motifs is 1. The minimum atomic E-state index is -0.0422. The lowest BCUT2D eigenvalue weighted by Gasteiger charge is -2.29. The van der Waals surface area contributed by atoms with Gasteiger partial charge in [0.1, 0.15) is 4.88 Å². The predicted octanol–water partition coefficient (Wildman–Crippen LogP) is 3.07. The Morgan fingerprint density at radius 1 is 1.43 bits per heavy atom. The lowest BCUT2D eigenvalue weighted by Crippen LogP contribution is -2.43. The predicted molar refractivity (Wildman–Crippen MR) is 91.9 cm³/mol. The number of carbonyl (C=O) groups excluding carboxylic acids is 1. The molecule has 3 N–H and O–H groups in total. The van der Waals surface area contributed by atoms with Crippen LogP contribution in [0.3, 0.4) is 0 Å².